The summed E-state index contributed by atoms with van der Waals surface area (Å²) in [7, 11) is -3.15. The molecule has 1 saturated heterocycles. The second-order valence-corrected chi connectivity index (χ2v) is 7.74. The van der Waals surface area contributed by atoms with E-state index in [0.29, 0.717) is 12.5 Å². The highest BCUT2D eigenvalue weighted by Gasteiger charge is 2.33. The van der Waals surface area contributed by atoms with Gasteiger partial charge in [-0.25, -0.2) is 13.2 Å². The van der Waals surface area contributed by atoms with Crippen LogP contribution in [0.3, 0.4) is 0 Å². The van der Waals surface area contributed by atoms with Crippen molar-refractivity contribution in [3.05, 3.63) is 47.4 Å². The van der Waals surface area contributed by atoms with Gasteiger partial charge < -0.3 is 10.2 Å². The molecule has 1 aromatic rings. The topological polar surface area (TPSA) is 66.5 Å². The van der Waals surface area contributed by atoms with E-state index in [2.05, 4.69) is 12.2 Å². The number of nitrogens with zero attached hydrogens (tertiary/aromatic N) is 1. The zero-order chi connectivity index (χ0) is 16.2. The quantitative estimate of drug-likeness (QED) is 0.925. The van der Waals surface area contributed by atoms with Crippen LogP contribution in [0.15, 0.2) is 41.8 Å². The fraction of sp³-hybridized carbons (Fsp3) is 0.438. The van der Waals surface area contributed by atoms with Crippen LogP contribution in [-0.4, -0.2) is 38.7 Å². The van der Waals surface area contributed by atoms with Crippen LogP contribution in [-0.2, 0) is 9.84 Å². The van der Waals surface area contributed by atoms with Crippen LogP contribution in [0.25, 0.3) is 0 Å². The number of hydrogen-bond donors (Lipinski definition) is 1. The van der Waals surface area contributed by atoms with Crippen LogP contribution < -0.4 is 5.32 Å². The third kappa shape index (κ3) is 4.59. The maximum Gasteiger partial charge on any atom is 0.318 e. The first-order valence-electron chi connectivity index (χ1n) is 7.33. The molecule has 6 heteroatoms. The van der Waals surface area contributed by atoms with Gasteiger partial charge in [0.05, 0.1) is 6.04 Å². The third-order valence-corrected chi connectivity index (χ3v) is 4.36. The van der Waals surface area contributed by atoms with Crippen LogP contribution in [0.5, 0.6) is 0 Å². The number of nitrogens with one attached hydrogen (secondary N) is 1. The summed E-state index contributed by atoms with van der Waals surface area (Å²) in [5, 5.41) is 3.86. The lowest BCUT2D eigenvalue weighted by Gasteiger charge is -2.25. The van der Waals surface area contributed by atoms with Crippen molar-refractivity contribution >= 4 is 15.9 Å². The molecule has 0 spiro atoms. The van der Waals surface area contributed by atoms with Gasteiger partial charge in [0.15, 0.2) is 9.84 Å². The van der Waals surface area contributed by atoms with Crippen molar-refractivity contribution in [2.75, 3.05) is 19.3 Å². The smallest absolute Gasteiger partial charge is 0.318 e. The zero-order valence-corrected chi connectivity index (χ0v) is 13.7. The van der Waals surface area contributed by atoms with Crippen molar-refractivity contribution in [3.63, 3.8) is 0 Å². The van der Waals surface area contributed by atoms with Gasteiger partial charge in [-0.05, 0) is 17.9 Å². The summed E-state index contributed by atoms with van der Waals surface area (Å²) in [5.74, 6) is 0.447. The Balaban J connectivity index is 2.00. The van der Waals surface area contributed by atoms with Gasteiger partial charge in [0.1, 0.15) is 0 Å². The zero-order valence-electron chi connectivity index (χ0n) is 12.9. The highest BCUT2D eigenvalue weighted by molar-refractivity contribution is 7.93. The number of benzene rings is 1. The first-order chi connectivity index (χ1) is 10.4. The maximum absolute atomic E-state index is 12.3. The molecule has 1 aromatic carbocycles. The summed E-state index contributed by atoms with van der Waals surface area (Å²) in [5.41, 5.74) is 1.13. The molecule has 1 N–H and O–H groups in total. The second kappa shape index (κ2) is 6.96. The highest BCUT2D eigenvalue weighted by Crippen LogP contribution is 2.34. The molecule has 0 radical (unpaired) electrons. The van der Waals surface area contributed by atoms with E-state index in [1.54, 1.807) is 0 Å². The van der Waals surface area contributed by atoms with E-state index in [-0.39, 0.29) is 18.6 Å². The minimum atomic E-state index is -3.15. The van der Waals surface area contributed by atoms with E-state index >= 15 is 0 Å². The number of carbonyl (C=O) groups excluding carboxylic acids is 1. The molecule has 2 atom stereocenters. The predicted octanol–water partition coefficient (Wildman–Crippen LogP) is 2.34. The van der Waals surface area contributed by atoms with Gasteiger partial charge in [-0.15, -0.1) is 0 Å². The molecular formula is C16H22N2O3S. The van der Waals surface area contributed by atoms with Gasteiger partial charge in [-0.1, -0.05) is 43.3 Å². The molecule has 1 fully saturated rings. The Hall–Kier alpha value is -1.82. The van der Waals surface area contributed by atoms with Crippen molar-refractivity contribution in [3.8, 4) is 0 Å². The number of amides is 2. The van der Waals surface area contributed by atoms with E-state index in [0.717, 1.165) is 23.6 Å². The molecule has 2 amide bonds. The van der Waals surface area contributed by atoms with Crippen LogP contribution in [0.1, 0.15) is 24.9 Å². The van der Waals surface area contributed by atoms with Gasteiger partial charge >= 0.3 is 6.03 Å². The molecule has 0 saturated carbocycles. The first-order valence-corrected chi connectivity index (χ1v) is 9.28. The molecule has 0 aromatic heterocycles. The fourth-order valence-electron chi connectivity index (χ4n) is 2.73. The minimum Gasteiger partial charge on any atom is -0.334 e. The number of rotatable bonds is 4. The van der Waals surface area contributed by atoms with E-state index in [9.17, 15) is 13.2 Å². The summed E-state index contributed by atoms with van der Waals surface area (Å²) < 4.78 is 22.0. The van der Waals surface area contributed by atoms with E-state index in [1.807, 2.05) is 35.2 Å². The van der Waals surface area contributed by atoms with Gasteiger partial charge in [0.25, 0.3) is 0 Å². The second-order valence-electron chi connectivity index (χ2n) is 5.81. The van der Waals surface area contributed by atoms with Crippen LogP contribution >= 0.6 is 0 Å². The predicted molar refractivity (Wildman–Crippen MR) is 87.1 cm³/mol. The Kier molecular flexibility index (Phi) is 5.24. The van der Waals surface area contributed by atoms with Gasteiger partial charge in [-0.2, -0.15) is 0 Å². The fourth-order valence-corrected chi connectivity index (χ4v) is 3.18. The average Bonchev–Trinajstić information content (AvgIpc) is 2.85. The standard InChI is InChI=1S/C16H22N2O3S/c1-13-11-15(14-7-4-3-5-8-14)18(12-13)16(19)17-9-6-10-22(2,20)21/h3-8,10,13,15H,9,11-12H2,1-2H3,(H,17,19)/b10-6+/t13-,15-/m0/s1. The molecule has 22 heavy (non-hydrogen) atoms. The van der Waals surface area contributed by atoms with Gasteiger partial charge in [-0.3, -0.25) is 0 Å². The molecule has 1 aliphatic rings. The lowest BCUT2D eigenvalue weighted by molar-refractivity contribution is 0.193. The summed E-state index contributed by atoms with van der Waals surface area (Å²) >= 11 is 0. The summed E-state index contributed by atoms with van der Waals surface area (Å²) in [6.07, 6.45) is 3.51. The van der Waals surface area contributed by atoms with E-state index in [4.69, 9.17) is 0 Å². The molecule has 120 valence electrons. The Morgan fingerprint density at radius 2 is 2.05 bits per heavy atom. The van der Waals surface area contributed by atoms with Crippen molar-refractivity contribution in [1.82, 2.24) is 10.2 Å². The average molecular weight is 322 g/mol. The largest absolute Gasteiger partial charge is 0.334 e. The van der Waals surface area contributed by atoms with Crippen LogP contribution in [0, 0.1) is 5.92 Å². The van der Waals surface area contributed by atoms with Crippen molar-refractivity contribution in [1.29, 1.82) is 0 Å². The molecular weight excluding hydrogens is 300 g/mol. The lowest BCUT2D eigenvalue weighted by atomic mass is 10.0. The number of urea groups is 1. The monoisotopic (exact) mass is 322 g/mol. The van der Waals surface area contributed by atoms with Crippen LogP contribution in [0.4, 0.5) is 4.79 Å². The summed E-state index contributed by atoms with van der Waals surface area (Å²) in [4.78, 5) is 14.2. The van der Waals surface area contributed by atoms with Gasteiger partial charge in [0.2, 0.25) is 0 Å². The van der Waals surface area contributed by atoms with E-state index in [1.165, 1.54) is 6.08 Å². The van der Waals surface area contributed by atoms with E-state index < -0.39 is 9.84 Å². The van der Waals surface area contributed by atoms with Crippen molar-refractivity contribution < 1.29 is 13.2 Å². The third-order valence-electron chi connectivity index (χ3n) is 3.67. The highest BCUT2D eigenvalue weighted by atomic mass is 32.2. The number of hydrogen-bond acceptors (Lipinski definition) is 3. The van der Waals surface area contributed by atoms with Crippen LogP contribution in [0.2, 0.25) is 0 Å². The van der Waals surface area contributed by atoms with Crippen molar-refractivity contribution in [2.24, 2.45) is 5.92 Å². The molecule has 1 aliphatic heterocycles. The first kappa shape index (κ1) is 16.5. The molecule has 2 rings (SSSR count). The summed E-state index contributed by atoms with van der Waals surface area (Å²) in [6.45, 7) is 3.05. The lowest BCUT2D eigenvalue weighted by Crippen LogP contribution is -2.39. The van der Waals surface area contributed by atoms with Crippen molar-refractivity contribution in [2.45, 2.75) is 19.4 Å². The minimum absolute atomic E-state index is 0.0788. The Bertz CT molecular complexity index is 641. The Morgan fingerprint density at radius 3 is 2.68 bits per heavy atom. The SMILES string of the molecule is C[C@H]1C[C@@H](c2ccccc2)N(C(=O)NC/C=C/S(C)(=O)=O)C1. The molecule has 0 bridgehead atoms. The number of carbonyl (C=O) groups is 1. The number of likely N-dealkylation sites (tertiary alicyclic amines) is 1. The summed E-state index contributed by atoms with van der Waals surface area (Å²) in [6, 6.07) is 9.90. The Labute approximate surface area is 131 Å². The Morgan fingerprint density at radius 1 is 1.36 bits per heavy atom. The molecule has 0 aliphatic carbocycles. The maximum atomic E-state index is 12.3. The molecule has 1 heterocycles. The normalized spacial score (nSPS) is 22.2. The number of sulfone groups is 1. The molecule has 5 nitrogen and oxygen atoms in total. The van der Waals surface area contributed by atoms with Gasteiger partial charge in [0, 0.05) is 24.8 Å². The molecule has 0 unspecified atom stereocenters.